The molecule has 3 fully saturated rings. The highest BCUT2D eigenvalue weighted by Crippen LogP contribution is 2.42. The van der Waals surface area contributed by atoms with Crippen molar-refractivity contribution in [1.29, 1.82) is 0 Å². The van der Waals surface area contributed by atoms with Gasteiger partial charge in [0.2, 0.25) is 0 Å². The van der Waals surface area contributed by atoms with Gasteiger partial charge in [-0.15, -0.1) is 0 Å². The van der Waals surface area contributed by atoms with Gasteiger partial charge in [0.15, 0.2) is 0 Å². The summed E-state index contributed by atoms with van der Waals surface area (Å²) in [5, 5.41) is 10.7. The third kappa shape index (κ3) is 3.14. The SMILES string of the molecule is OC(C1CCCOC1)C1CCOC2(CCCCC2)C1. The Labute approximate surface area is 116 Å². The standard InChI is InChI=1S/C16H28O3/c17-15(14-5-4-9-18-12-14)13-6-10-19-16(11-13)7-2-1-3-8-16/h13-15,17H,1-12H2. The molecule has 1 spiro atoms. The van der Waals surface area contributed by atoms with Crippen molar-refractivity contribution in [2.75, 3.05) is 19.8 Å². The molecule has 3 rings (SSSR count). The van der Waals surface area contributed by atoms with Crippen molar-refractivity contribution in [2.45, 2.75) is 69.5 Å². The summed E-state index contributed by atoms with van der Waals surface area (Å²) in [7, 11) is 0. The molecule has 1 aliphatic carbocycles. The van der Waals surface area contributed by atoms with Crippen molar-refractivity contribution in [3.05, 3.63) is 0 Å². The lowest BCUT2D eigenvalue weighted by Crippen LogP contribution is -2.46. The molecular weight excluding hydrogens is 240 g/mol. The number of aliphatic hydroxyl groups is 1. The maximum Gasteiger partial charge on any atom is 0.0686 e. The second-order valence-electron chi connectivity index (χ2n) is 6.81. The molecule has 3 heteroatoms. The van der Waals surface area contributed by atoms with Crippen LogP contribution in [0.2, 0.25) is 0 Å². The molecule has 1 N–H and O–H groups in total. The molecule has 2 aliphatic heterocycles. The largest absolute Gasteiger partial charge is 0.392 e. The van der Waals surface area contributed by atoms with Crippen LogP contribution in [0.3, 0.4) is 0 Å². The van der Waals surface area contributed by atoms with Gasteiger partial charge in [-0.25, -0.2) is 0 Å². The molecule has 2 saturated heterocycles. The smallest absolute Gasteiger partial charge is 0.0686 e. The van der Waals surface area contributed by atoms with Crippen molar-refractivity contribution in [1.82, 2.24) is 0 Å². The van der Waals surface area contributed by atoms with Crippen LogP contribution in [0, 0.1) is 11.8 Å². The van der Waals surface area contributed by atoms with Crippen molar-refractivity contribution < 1.29 is 14.6 Å². The van der Waals surface area contributed by atoms with E-state index in [1.807, 2.05) is 0 Å². The second kappa shape index (κ2) is 6.11. The number of hydrogen-bond acceptors (Lipinski definition) is 3. The first-order chi connectivity index (χ1) is 9.29. The van der Waals surface area contributed by atoms with Crippen LogP contribution in [-0.2, 0) is 9.47 Å². The van der Waals surface area contributed by atoms with E-state index >= 15 is 0 Å². The number of aliphatic hydroxyl groups excluding tert-OH is 1. The van der Waals surface area contributed by atoms with Gasteiger partial charge in [0, 0.05) is 19.1 Å². The highest BCUT2D eigenvalue weighted by Gasteiger charge is 2.42. The van der Waals surface area contributed by atoms with Crippen molar-refractivity contribution >= 4 is 0 Å². The second-order valence-corrected chi connectivity index (χ2v) is 6.81. The molecule has 0 aromatic rings. The lowest BCUT2D eigenvalue weighted by molar-refractivity contribution is -0.145. The van der Waals surface area contributed by atoms with E-state index in [4.69, 9.17) is 9.47 Å². The summed E-state index contributed by atoms with van der Waals surface area (Å²) in [6, 6.07) is 0. The minimum absolute atomic E-state index is 0.109. The average molecular weight is 268 g/mol. The number of ether oxygens (including phenoxy) is 2. The Morgan fingerprint density at radius 1 is 0.947 bits per heavy atom. The summed E-state index contributed by atoms with van der Waals surface area (Å²) in [5.74, 6) is 0.788. The monoisotopic (exact) mass is 268 g/mol. The quantitative estimate of drug-likeness (QED) is 0.837. The highest BCUT2D eigenvalue weighted by atomic mass is 16.5. The van der Waals surface area contributed by atoms with Crippen molar-refractivity contribution in [2.24, 2.45) is 11.8 Å². The van der Waals surface area contributed by atoms with Gasteiger partial charge in [-0.1, -0.05) is 19.3 Å². The summed E-state index contributed by atoms with van der Waals surface area (Å²) >= 11 is 0. The van der Waals surface area contributed by atoms with Gasteiger partial charge in [-0.2, -0.15) is 0 Å². The summed E-state index contributed by atoms with van der Waals surface area (Å²) in [6.45, 7) is 2.47. The topological polar surface area (TPSA) is 38.7 Å². The zero-order chi connectivity index (χ0) is 13.1. The molecule has 3 aliphatic rings. The van der Waals surface area contributed by atoms with Gasteiger partial charge in [0.1, 0.15) is 0 Å². The first kappa shape index (κ1) is 13.8. The first-order valence-corrected chi connectivity index (χ1v) is 8.19. The minimum atomic E-state index is -0.178. The molecule has 0 bridgehead atoms. The summed E-state index contributed by atoms with van der Waals surface area (Å²) in [6.07, 6.45) is 10.5. The third-order valence-corrected chi connectivity index (χ3v) is 5.46. The van der Waals surface area contributed by atoms with E-state index in [0.717, 1.165) is 45.5 Å². The Hall–Kier alpha value is -0.120. The molecule has 0 amide bonds. The van der Waals surface area contributed by atoms with Gasteiger partial charge >= 0.3 is 0 Å². The Kier molecular flexibility index (Phi) is 4.45. The zero-order valence-corrected chi connectivity index (χ0v) is 12.0. The number of rotatable bonds is 2. The summed E-state index contributed by atoms with van der Waals surface area (Å²) in [4.78, 5) is 0. The maximum atomic E-state index is 10.7. The zero-order valence-electron chi connectivity index (χ0n) is 12.0. The fraction of sp³-hybridized carbons (Fsp3) is 1.00. The molecule has 0 radical (unpaired) electrons. The molecular formula is C16H28O3. The fourth-order valence-corrected chi connectivity index (χ4v) is 4.32. The van der Waals surface area contributed by atoms with Gasteiger partial charge < -0.3 is 14.6 Å². The Morgan fingerprint density at radius 3 is 2.53 bits per heavy atom. The molecule has 3 unspecified atom stereocenters. The Bertz CT molecular complexity index is 274. The van der Waals surface area contributed by atoms with E-state index < -0.39 is 0 Å². The van der Waals surface area contributed by atoms with Crippen LogP contribution in [0.25, 0.3) is 0 Å². The van der Waals surface area contributed by atoms with E-state index in [0.29, 0.717) is 11.8 Å². The predicted molar refractivity (Wildman–Crippen MR) is 74.0 cm³/mol. The Morgan fingerprint density at radius 2 is 1.79 bits per heavy atom. The molecule has 0 aromatic carbocycles. The van der Waals surface area contributed by atoms with Crippen LogP contribution in [0.15, 0.2) is 0 Å². The van der Waals surface area contributed by atoms with Gasteiger partial charge in [-0.05, 0) is 44.4 Å². The number of hydrogen-bond donors (Lipinski definition) is 1. The molecule has 3 nitrogen and oxygen atoms in total. The van der Waals surface area contributed by atoms with E-state index in [1.165, 1.54) is 32.1 Å². The van der Waals surface area contributed by atoms with Gasteiger partial charge in [0.25, 0.3) is 0 Å². The molecule has 1 saturated carbocycles. The van der Waals surface area contributed by atoms with Gasteiger partial charge in [0.05, 0.1) is 18.3 Å². The fourth-order valence-electron chi connectivity index (χ4n) is 4.32. The molecule has 110 valence electrons. The first-order valence-electron chi connectivity index (χ1n) is 8.19. The van der Waals surface area contributed by atoms with Crippen LogP contribution in [-0.4, -0.2) is 36.6 Å². The molecule has 19 heavy (non-hydrogen) atoms. The van der Waals surface area contributed by atoms with E-state index in [1.54, 1.807) is 0 Å². The maximum absolute atomic E-state index is 10.7. The van der Waals surface area contributed by atoms with Crippen LogP contribution in [0.5, 0.6) is 0 Å². The third-order valence-electron chi connectivity index (χ3n) is 5.46. The normalized spacial score (nSPS) is 37.1. The van der Waals surface area contributed by atoms with E-state index in [2.05, 4.69) is 0 Å². The average Bonchev–Trinajstić information content (AvgIpc) is 2.48. The van der Waals surface area contributed by atoms with Crippen LogP contribution in [0.4, 0.5) is 0 Å². The summed E-state index contributed by atoms with van der Waals surface area (Å²) in [5.41, 5.74) is 0.109. The van der Waals surface area contributed by atoms with E-state index in [9.17, 15) is 5.11 Å². The lowest BCUT2D eigenvalue weighted by Gasteiger charge is -2.46. The van der Waals surface area contributed by atoms with Gasteiger partial charge in [-0.3, -0.25) is 0 Å². The molecule has 3 atom stereocenters. The minimum Gasteiger partial charge on any atom is -0.392 e. The van der Waals surface area contributed by atoms with E-state index in [-0.39, 0.29) is 11.7 Å². The lowest BCUT2D eigenvalue weighted by atomic mass is 9.72. The summed E-state index contributed by atoms with van der Waals surface area (Å²) < 4.78 is 11.7. The Balaban J connectivity index is 1.60. The molecule has 0 aromatic heterocycles. The van der Waals surface area contributed by atoms with Crippen molar-refractivity contribution in [3.63, 3.8) is 0 Å². The predicted octanol–water partition coefficient (Wildman–Crippen LogP) is 2.90. The highest BCUT2D eigenvalue weighted by molar-refractivity contribution is 4.92. The van der Waals surface area contributed by atoms with Crippen LogP contribution >= 0.6 is 0 Å². The van der Waals surface area contributed by atoms with Crippen LogP contribution < -0.4 is 0 Å². The molecule has 2 heterocycles. The van der Waals surface area contributed by atoms with Crippen LogP contribution in [0.1, 0.15) is 57.8 Å². The van der Waals surface area contributed by atoms with Crippen molar-refractivity contribution in [3.8, 4) is 0 Å².